The van der Waals surface area contributed by atoms with Gasteiger partial charge in [0.15, 0.2) is 5.16 Å². The lowest BCUT2D eigenvalue weighted by atomic mass is 10.1. The molecule has 0 spiro atoms. The van der Waals surface area contributed by atoms with Crippen LogP contribution in [-0.4, -0.2) is 34.4 Å². The molecule has 0 bridgehead atoms. The topological polar surface area (TPSA) is 73.2 Å². The zero-order valence-corrected chi connectivity index (χ0v) is 19.3. The van der Waals surface area contributed by atoms with Gasteiger partial charge in [-0.2, -0.15) is 0 Å². The van der Waals surface area contributed by atoms with Crippen molar-refractivity contribution in [3.05, 3.63) is 57.8 Å². The summed E-state index contributed by atoms with van der Waals surface area (Å²) >= 11 is 7.40. The van der Waals surface area contributed by atoms with Crippen LogP contribution in [0.4, 0.5) is 0 Å². The largest absolute Gasteiger partial charge is 0.495 e. The van der Waals surface area contributed by atoms with Crippen molar-refractivity contribution in [2.75, 3.05) is 12.9 Å². The van der Waals surface area contributed by atoms with E-state index in [2.05, 4.69) is 5.32 Å². The normalized spacial score (nSPS) is 15.8. The average Bonchev–Trinajstić information content (AvgIpc) is 3.70. The summed E-state index contributed by atoms with van der Waals surface area (Å²) in [4.78, 5) is 30.9. The van der Waals surface area contributed by atoms with E-state index in [4.69, 9.17) is 21.3 Å². The van der Waals surface area contributed by atoms with E-state index in [1.165, 1.54) is 42.0 Å². The quantitative estimate of drug-likeness (QED) is 0.390. The van der Waals surface area contributed by atoms with E-state index in [1.807, 2.05) is 18.2 Å². The molecule has 0 unspecified atom stereocenters. The number of hydrogen-bond donors (Lipinski definition) is 1. The molecule has 2 aliphatic carbocycles. The first-order valence-electron chi connectivity index (χ1n) is 10.8. The van der Waals surface area contributed by atoms with Gasteiger partial charge in [0.2, 0.25) is 5.91 Å². The molecule has 2 saturated carbocycles. The Bertz CT molecular complexity index is 1220. The molecule has 1 amide bonds. The van der Waals surface area contributed by atoms with Crippen LogP contribution in [0.2, 0.25) is 5.02 Å². The highest BCUT2D eigenvalue weighted by atomic mass is 35.5. The zero-order valence-electron chi connectivity index (χ0n) is 17.7. The first-order chi connectivity index (χ1) is 15.5. The molecule has 2 aliphatic rings. The van der Waals surface area contributed by atoms with Gasteiger partial charge in [0.05, 0.1) is 29.5 Å². The number of methoxy groups -OCH3 is 1. The summed E-state index contributed by atoms with van der Waals surface area (Å²) in [5.74, 6) is 1.97. The van der Waals surface area contributed by atoms with Crippen LogP contribution in [0.1, 0.15) is 25.7 Å². The molecule has 8 heteroatoms. The van der Waals surface area contributed by atoms with E-state index in [1.54, 1.807) is 31.4 Å². The van der Waals surface area contributed by atoms with E-state index in [9.17, 15) is 9.59 Å². The predicted octanol–water partition coefficient (Wildman–Crippen LogP) is 4.44. The summed E-state index contributed by atoms with van der Waals surface area (Å²) in [6.45, 7) is 0. The minimum Gasteiger partial charge on any atom is -0.495 e. The Labute approximate surface area is 195 Å². The van der Waals surface area contributed by atoms with Gasteiger partial charge in [-0.15, -0.1) is 0 Å². The molecular formula is C24H24ClN3O3S. The number of carbonyl (C=O) groups excluding carboxylic acids is 1. The maximum Gasteiger partial charge on any atom is 0.266 e. The maximum absolute atomic E-state index is 13.5. The van der Waals surface area contributed by atoms with E-state index in [0.29, 0.717) is 50.4 Å². The lowest BCUT2D eigenvalue weighted by Crippen LogP contribution is -2.39. The number of fused-ring (bicyclic) bond motifs is 1. The lowest BCUT2D eigenvalue weighted by Gasteiger charge is -2.18. The number of para-hydroxylation sites is 2. The van der Waals surface area contributed by atoms with Crippen LogP contribution >= 0.6 is 23.4 Å². The second kappa shape index (κ2) is 8.79. The first kappa shape index (κ1) is 21.3. The van der Waals surface area contributed by atoms with Crippen molar-refractivity contribution in [2.24, 2.45) is 11.8 Å². The lowest BCUT2D eigenvalue weighted by molar-refractivity contribution is -0.119. The SMILES string of the molecule is COc1ccccc1-n1c(SCC(=O)NC(C2CC2)C2CC2)nc2cc(Cl)ccc2c1=O. The van der Waals surface area contributed by atoms with Crippen molar-refractivity contribution in [1.29, 1.82) is 0 Å². The first-order valence-corrected chi connectivity index (χ1v) is 12.2. The van der Waals surface area contributed by atoms with E-state index in [0.717, 1.165) is 0 Å². The van der Waals surface area contributed by atoms with E-state index >= 15 is 0 Å². The second-order valence-corrected chi connectivity index (χ2v) is 9.80. The van der Waals surface area contributed by atoms with Crippen molar-refractivity contribution in [3.63, 3.8) is 0 Å². The molecular weight excluding hydrogens is 446 g/mol. The van der Waals surface area contributed by atoms with Gasteiger partial charge in [-0.05, 0) is 67.9 Å². The van der Waals surface area contributed by atoms with Gasteiger partial charge in [-0.25, -0.2) is 4.98 Å². The van der Waals surface area contributed by atoms with Gasteiger partial charge in [-0.3, -0.25) is 14.2 Å². The van der Waals surface area contributed by atoms with Crippen LogP contribution in [0.3, 0.4) is 0 Å². The molecule has 0 aliphatic heterocycles. The van der Waals surface area contributed by atoms with Crippen LogP contribution in [-0.2, 0) is 4.79 Å². The van der Waals surface area contributed by atoms with Crippen LogP contribution in [0, 0.1) is 11.8 Å². The van der Waals surface area contributed by atoms with Crippen molar-refractivity contribution < 1.29 is 9.53 Å². The summed E-state index contributed by atoms with van der Waals surface area (Å²) in [7, 11) is 1.56. The van der Waals surface area contributed by atoms with Gasteiger partial charge in [0.25, 0.3) is 5.56 Å². The zero-order chi connectivity index (χ0) is 22.2. The third kappa shape index (κ3) is 4.36. The van der Waals surface area contributed by atoms with Crippen LogP contribution in [0.5, 0.6) is 5.75 Å². The fourth-order valence-electron chi connectivity index (χ4n) is 4.15. The minimum atomic E-state index is -0.229. The fourth-order valence-corrected chi connectivity index (χ4v) is 5.13. The number of rotatable bonds is 8. The summed E-state index contributed by atoms with van der Waals surface area (Å²) in [6.07, 6.45) is 4.81. The molecule has 0 saturated heterocycles. The minimum absolute atomic E-state index is 0.0224. The smallest absolute Gasteiger partial charge is 0.266 e. The van der Waals surface area contributed by atoms with Crippen LogP contribution < -0.4 is 15.6 Å². The molecule has 1 aromatic heterocycles. The molecule has 2 aromatic carbocycles. The number of benzene rings is 2. The number of halogens is 1. The van der Waals surface area contributed by atoms with Crippen molar-refractivity contribution in [1.82, 2.24) is 14.9 Å². The number of thioether (sulfide) groups is 1. The Kier molecular flexibility index (Phi) is 5.86. The van der Waals surface area contributed by atoms with Gasteiger partial charge in [0.1, 0.15) is 5.75 Å². The van der Waals surface area contributed by atoms with Gasteiger partial charge in [-0.1, -0.05) is 35.5 Å². The highest BCUT2D eigenvalue weighted by Crippen LogP contribution is 2.44. The van der Waals surface area contributed by atoms with Gasteiger partial charge in [0, 0.05) is 11.1 Å². The summed E-state index contributed by atoms with van der Waals surface area (Å²) in [5, 5.41) is 4.62. The van der Waals surface area contributed by atoms with Gasteiger partial charge >= 0.3 is 0 Å². The number of amides is 1. The summed E-state index contributed by atoms with van der Waals surface area (Å²) < 4.78 is 7.01. The number of hydrogen-bond acceptors (Lipinski definition) is 5. The fraction of sp³-hybridized carbons (Fsp3) is 0.375. The second-order valence-electron chi connectivity index (χ2n) is 8.43. The Morgan fingerprint density at radius 3 is 2.62 bits per heavy atom. The molecule has 0 atom stereocenters. The maximum atomic E-state index is 13.5. The molecule has 5 rings (SSSR count). The van der Waals surface area contributed by atoms with Crippen molar-refractivity contribution >= 4 is 40.2 Å². The molecule has 2 fully saturated rings. The molecule has 3 aromatic rings. The number of carbonyl (C=O) groups is 1. The van der Waals surface area contributed by atoms with Crippen LogP contribution in [0.15, 0.2) is 52.4 Å². The monoisotopic (exact) mass is 469 g/mol. The molecule has 0 radical (unpaired) electrons. The molecule has 1 N–H and O–H groups in total. The standard InChI is InChI=1S/C24H24ClN3O3S/c1-31-20-5-3-2-4-19(20)28-23(30)17-11-10-16(25)12-18(17)26-24(28)32-13-21(29)27-22(14-6-7-14)15-8-9-15/h2-5,10-12,14-15,22H,6-9,13H2,1H3,(H,27,29). The number of nitrogens with one attached hydrogen (secondary N) is 1. The highest BCUT2D eigenvalue weighted by molar-refractivity contribution is 7.99. The van der Waals surface area contributed by atoms with E-state index < -0.39 is 0 Å². The summed E-state index contributed by atoms with van der Waals surface area (Å²) in [5.41, 5.74) is 0.861. The molecule has 166 valence electrons. The number of aromatic nitrogens is 2. The van der Waals surface area contributed by atoms with Gasteiger partial charge < -0.3 is 10.1 Å². The summed E-state index contributed by atoms with van der Waals surface area (Å²) in [6, 6.07) is 12.6. The Hall–Kier alpha value is -2.51. The average molecular weight is 470 g/mol. The third-order valence-electron chi connectivity index (χ3n) is 6.05. The van der Waals surface area contributed by atoms with Crippen molar-refractivity contribution in [3.8, 4) is 11.4 Å². The van der Waals surface area contributed by atoms with Crippen molar-refractivity contribution in [2.45, 2.75) is 36.9 Å². The molecule has 32 heavy (non-hydrogen) atoms. The molecule has 6 nitrogen and oxygen atoms in total. The highest BCUT2D eigenvalue weighted by Gasteiger charge is 2.42. The molecule has 1 heterocycles. The number of ether oxygens (including phenoxy) is 1. The Morgan fingerprint density at radius 2 is 1.94 bits per heavy atom. The number of nitrogens with zero attached hydrogens (tertiary/aromatic N) is 2. The predicted molar refractivity (Wildman–Crippen MR) is 127 cm³/mol. The van der Waals surface area contributed by atoms with E-state index in [-0.39, 0.29) is 17.2 Å². The van der Waals surface area contributed by atoms with Crippen LogP contribution in [0.25, 0.3) is 16.6 Å². The Morgan fingerprint density at radius 1 is 1.22 bits per heavy atom. The Balaban J connectivity index is 1.49. The third-order valence-corrected chi connectivity index (χ3v) is 7.22.